The Morgan fingerprint density at radius 3 is 2.69 bits per heavy atom. The maximum atomic E-state index is 4.19. The molecule has 2 nitrogen and oxygen atoms in total. The smallest absolute Gasteiger partial charge is 0.116 e. The van der Waals surface area contributed by atoms with Crippen molar-refractivity contribution >= 4 is 43.2 Å². The molecule has 66 valence electrons. The second-order valence-electron chi connectivity index (χ2n) is 2.32. The van der Waals surface area contributed by atoms with Gasteiger partial charge in [-0.3, -0.25) is 0 Å². The summed E-state index contributed by atoms with van der Waals surface area (Å²) in [6, 6.07) is 4.04. The molecule has 2 aromatic rings. The third-order valence-electron chi connectivity index (χ3n) is 1.47. The number of hydrogen-bond donors (Lipinski definition) is 0. The Balaban J connectivity index is 2.52. The monoisotopic (exact) mass is 318 g/mol. The molecule has 0 unspecified atom stereocenters. The minimum atomic E-state index is 0.921. The molecule has 13 heavy (non-hydrogen) atoms. The zero-order valence-corrected chi connectivity index (χ0v) is 10.4. The van der Waals surface area contributed by atoms with Crippen molar-refractivity contribution in [3.05, 3.63) is 32.9 Å². The topological polar surface area (TPSA) is 25.8 Å². The van der Waals surface area contributed by atoms with E-state index in [0.29, 0.717) is 0 Å². The molecular formula is C8H4Br2N2S. The van der Waals surface area contributed by atoms with Gasteiger partial charge < -0.3 is 0 Å². The predicted molar refractivity (Wildman–Crippen MR) is 60.7 cm³/mol. The van der Waals surface area contributed by atoms with E-state index in [1.54, 1.807) is 23.9 Å². The van der Waals surface area contributed by atoms with Crippen molar-refractivity contribution in [2.75, 3.05) is 0 Å². The molecule has 0 spiro atoms. The highest BCUT2D eigenvalue weighted by molar-refractivity contribution is 9.11. The van der Waals surface area contributed by atoms with Gasteiger partial charge in [-0.2, -0.15) is 0 Å². The summed E-state index contributed by atoms with van der Waals surface area (Å²) in [5.74, 6) is 0. The van der Waals surface area contributed by atoms with Crippen LogP contribution < -0.4 is 0 Å². The molecule has 0 aliphatic rings. The van der Waals surface area contributed by atoms with Gasteiger partial charge >= 0.3 is 0 Å². The van der Waals surface area contributed by atoms with Crippen LogP contribution in [0.25, 0.3) is 10.6 Å². The van der Waals surface area contributed by atoms with E-state index in [1.807, 2.05) is 12.1 Å². The van der Waals surface area contributed by atoms with Crippen LogP contribution in [0.1, 0.15) is 0 Å². The van der Waals surface area contributed by atoms with Gasteiger partial charge in [-0.05, 0) is 44.0 Å². The van der Waals surface area contributed by atoms with Crippen LogP contribution in [-0.2, 0) is 0 Å². The molecule has 0 bridgehead atoms. The number of rotatable bonds is 1. The molecule has 5 heteroatoms. The molecule has 2 aromatic heterocycles. The predicted octanol–water partition coefficient (Wildman–Crippen LogP) is 3.73. The van der Waals surface area contributed by atoms with E-state index >= 15 is 0 Å². The Hall–Kier alpha value is -0.260. The van der Waals surface area contributed by atoms with Crippen molar-refractivity contribution < 1.29 is 0 Å². The maximum Gasteiger partial charge on any atom is 0.116 e. The number of hydrogen-bond acceptors (Lipinski definition) is 3. The molecule has 2 rings (SSSR count). The van der Waals surface area contributed by atoms with Crippen molar-refractivity contribution in [2.45, 2.75) is 0 Å². The molecular weight excluding hydrogens is 316 g/mol. The largest absolute Gasteiger partial charge is 0.244 e. The fraction of sp³-hybridized carbons (Fsp3) is 0. The van der Waals surface area contributed by atoms with E-state index in [0.717, 1.165) is 18.8 Å². The first-order chi connectivity index (χ1) is 6.27. The van der Waals surface area contributed by atoms with Crippen molar-refractivity contribution in [3.63, 3.8) is 0 Å². The van der Waals surface area contributed by atoms with E-state index in [-0.39, 0.29) is 0 Å². The minimum Gasteiger partial charge on any atom is -0.244 e. The summed E-state index contributed by atoms with van der Waals surface area (Å²) in [6.45, 7) is 0. The number of aromatic nitrogens is 2. The molecule has 0 saturated carbocycles. The van der Waals surface area contributed by atoms with E-state index < -0.39 is 0 Å². The zero-order valence-electron chi connectivity index (χ0n) is 6.37. The summed E-state index contributed by atoms with van der Waals surface area (Å²) in [7, 11) is 0. The summed E-state index contributed by atoms with van der Waals surface area (Å²) in [4.78, 5) is 9.23. The first-order valence-corrected chi connectivity index (χ1v) is 5.89. The molecule has 0 atom stereocenters. The highest BCUT2D eigenvalue weighted by Gasteiger charge is 2.06. The van der Waals surface area contributed by atoms with Crippen molar-refractivity contribution in [2.24, 2.45) is 0 Å². The Labute approximate surface area is 96.3 Å². The van der Waals surface area contributed by atoms with Gasteiger partial charge in [-0.25, -0.2) is 9.97 Å². The lowest BCUT2D eigenvalue weighted by atomic mass is 10.3. The zero-order chi connectivity index (χ0) is 9.26. The first-order valence-electron chi connectivity index (χ1n) is 3.48. The molecule has 0 radical (unpaired) electrons. The summed E-state index contributed by atoms with van der Waals surface area (Å²) < 4.78 is 2.03. The average molecular weight is 320 g/mol. The second kappa shape index (κ2) is 3.86. The number of thiophene rings is 1. The first kappa shape index (κ1) is 9.30. The van der Waals surface area contributed by atoms with Gasteiger partial charge in [0.05, 0.1) is 18.8 Å². The summed E-state index contributed by atoms with van der Waals surface area (Å²) >= 11 is 8.47. The fourth-order valence-electron chi connectivity index (χ4n) is 0.936. The van der Waals surface area contributed by atoms with Crippen LogP contribution in [0.4, 0.5) is 0 Å². The molecule has 2 heterocycles. The maximum absolute atomic E-state index is 4.19. The summed E-state index contributed by atoms with van der Waals surface area (Å²) in [5, 5.41) is 0. The van der Waals surface area contributed by atoms with Crippen LogP contribution in [0, 0.1) is 0 Å². The molecule has 0 aliphatic carbocycles. The summed E-state index contributed by atoms with van der Waals surface area (Å²) in [6.07, 6.45) is 3.30. The number of halogens is 2. The lowest BCUT2D eigenvalue weighted by molar-refractivity contribution is 1.16. The molecule has 0 aromatic carbocycles. The second-order valence-corrected chi connectivity index (χ2v) is 5.64. The Bertz CT molecular complexity index is 428. The van der Waals surface area contributed by atoms with Crippen LogP contribution >= 0.6 is 43.2 Å². The molecule has 0 N–H and O–H groups in total. The Kier molecular flexibility index (Phi) is 2.76. The van der Waals surface area contributed by atoms with Crippen LogP contribution in [0.3, 0.4) is 0 Å². The van der Waals surface area contributed by atoms with Crippen LogP contribution in [0.5, 0.6) is 0 Å². The van der Waals surface area contributed by atoms with Crippen LogP contribution in [0.2, 0.25) is 0 Å². The highest BCUT2D eigenvalue weighted by Crippen LogP contribution is 2.33. The fourth-order valence-corrected chi connectivity index (χ4v) is 2.90. The standard InChI is InChI=1S/C8H4Br2N2S/c9-5-3-11-4-12-8(5)6-1-2-7(10)13-6/h1-4H. The van der Waals surface area contributed by atoms with Gasteiger partial charge in [0.15, 0.2) is 0 Å². The molecule has 0 aliphatic heterocycles. The van der Waals surface area contributed by atoms with Gasteiger partial charge in [0.2, 0.25) is 0 Å². The van der Waals surface area contributed by atoms with Crippen molar-refractivity contribution in [1.82, 2.24) is 9.97 Å². The van der Waals surface area contributed by atoms with E-state index in [2.05, 4.69) is 41.8 Å². The van der Waals surface area contributed by atoms with Gasteiger partial charge in [0.1, 0.15) is 6.33 Å². The number of nitrogens with zero attached hydrogens (tertiary/aromatic N) is 2. The Morgan fingerprint density at radius 1 is 1.23 bits per heavy atom. The van der Waals surface area contributed by atoms with Gasteiger partial charge in [0, 0.05) is 6.20 Å². The van der Waals surface area contributed by atoms with Crippen LogP contribution in [-0.4, -0.2) is 9.97 Å². The quantitative estimate of drug-likeness (QED) is 0.800. The van der Waals surface area contributed by atoms with E-state index in [9.17, 15) is 0 Å². The van der Waals surface area contributed by atoms with Crippen LogP contribution in [0.15, 0.2) is 32.9 Å². The average Bonchev–Trinajstić information content (AvgIpc) is 2.53. The molecule has 0 amide bonds. The van der Waals surface area contributed by atoms with Crippen molar-refractivity contribution in [3.8, 4) is 10.6 Å². The third kappa shape index (κ3) is 1.98. The lowest BCUT2D eigenvalue weighted by Crippen LogP contribution is -1.82. The minimum absolute atomic E-state index is 0.921. The van der Waals surface area contributed by atoms with E-state index in [4.69, 9.17) is 0 Å². The lowest BCUT2D eigenvalue weighted by Gasteiger charge is -1.97. The Morgan fingerprint density at radius 2 is 2.08 bits per heavy atom. The third-order valence-corrected chi connectivity index (χ3v) is 3.68. The van der Waals surface area contributed by atoms with E-state index in [1.165, 1.54) is 0 Å². The van der Waals surface area contributed by atoms with Gasteiger partial charge in [0.25, 0.3) is 0 Å². The van der Waals surface area contributed by atoms with Gasteiger partial charge in [-0.15, -0.1) is 11.3 Å². The molecule has 0 fully saturated rings. The van der Waals surface area contributed by atoms with Crippen molar-refractivity contribution in [1.29, 1.82) is 0 Å². The summed E-state index contributed by atoms with van der Waals surface area (Å²) in [5.41, 5.74) is 0.936. The SMILES string of the molecule is Brc1ccc(-c2ncncc2Br)s1. The highest BCUT2D eigenvalue weighted by atomic mass is 79.9. The normalized spacial score (nSPS) is 10.3. The van der Waals surface area contributed by atoms with Gasteiger partial charge in [-0.1, -0.05) is 0 Å². The molecule has 0 saturated heterocycles.